The summed E-state index contributed by atoms with van der Waals surface area (Å²) in [6.07, 6.45) is 0.338. The van der Waals surface area contributed by atoms with Gasteiger partial charge in [-0.1, -0.05) is 41.9 Å². The van der Waals surface area contributed by atoms with Crippen LogP contribution in [0.4, 0.5) is 0 Å². The molecule has 4 heteroatoms. The molecule has 3 nitrogen and oxygen atoms in total. The minimum absolute atomic E-state index is 0.0167. The van der Waals surface area contributed by atoms with E-state index in [9.17, 15) is 4.79 Å². The minimum Gasteiger partial charge on any atom is -0.486 e. The van der Waals surface area contributed by atoms with Gasteiger partial charge in [-0.05, 0) is 17.7 Å². The van der Waals surface area contributed by atoms with Crippen molar-refractivity contribution in [3.8, 4) is 11.8 Å². The summed E-state index contributed by atoms with van der Waals surface area (Å²) in [6, 6.07) is 16.2. The van der Waals surface area contributed by atoms with Crippen molar-refractivity contribution in [3.05, 3.63) is 64.7 Å². The molecule has 2 aromatic carbocycles. The second-order valence-electron chi connectivity index (χ2n) is 4.24. The molecule has 2 aromatic rings. The number of nitrogens with zero attached hydrogens (tertiary/aromatic N) is 1. The van der Waals surface area contributed by atoms with Gasteiger partial charge in [-0.3, -0.25) is 4.79 Å². The number of ketones is 1. The third kappa shape index (κ3) is 3.84. The van der Waals surface area contributed by atoms with Crippen LogP contribution in [0.25, 0.3) is 0 Å². The van der Waals surface area contributed by atoms with E-state index in [0.717, 1.165) is 5.56 Å². The number of carbonyl (C=O) groups is 1. The van der Waals surface area contributed by atoms with Crippen molar-refractivity contribution in [1.29, 1.82) is 5.26 Å². The molecule has 0 saturated heterocycles. The second-order valence-corrected chi connectivity index (χ2v) is 4.65. The molecule has 0 fully saturated rings. The lowest BCUT2D eigenvalue weighted by Crippen LogP contribution is -2.13. The largest absolute Gasteiger partial charge is 0.486 e. The van der Waals surface area contributed by atoms with Crippen molar-refractivity contribution < 1.29 is 9.53 Å². The van der Waals surface area contributed by atoms with Crippen LogP contribution >= 0.6 is 11.6 Å². The zero-order valence-corrected chi connectivity index (χ0v) is 11.4. The van der Waals surface area contributed by atoms with Crippen LogP contribution in [0.15, 0.2) is 48.5 Å². The van der Waals surface area contributed by atoms with Crippen LogP contribution in [-0.2, 0) is 11.2 Å². The summed E-state index contributed by atoms with van der Waals surface area (Å²) in [5.41, 5.74) is 1.34. The maximum Gasteiger partial charge on any atom is 0.174 e. The molecule has 0 atom stereocenters. The van der Waals surface area contributed by atoms with Gasteiger partial charge >= 0.3 is 0 Å². The molecule has 0 spiro atoms. The van der Waals surface area contributed by atoms with E-state index >= 15 is 0 Å². The van der Waals surface area contributed by atoms with Crippen molar-refractivity contribution >= 4 is 17.4 Å². The number of hydrogen-bond donors (Lipinski definition) is 0. The Morgan fingerprint density at radius 3 is 2.60 bits per heavy atom. The molecule has 0 bridgehead atoms. The van der Waals surface area contributed by atoms with Gasteiger partial charge in [0, 0.05) is 12.5 Å². The van der Waals surface area contributed by atoms with E-state index in [2.05, 4.69) is 0 Å². The number of benzene rings is 2. The van der Waals surface area contributed by atoms with Crippen LogP contribution in [0.2, 0.25) is 5.02 Å². The molecule has 0 saturated carbocycles. The molecule has 0 N–H and O–H groups in total. The standard InChI is InChI=1S/C16H12ClNO2/c17-16-9-15(7-6-13(16)10-18)20-11-14(19)8-12-4-2-1-3-5-12/h1-7,9H,8,11H2. The highest BCUT2D eigenvalue weighted by atomic mass is 35.5. The predicted octanol–water partition coefficient (Wildman–Crippen LogP) is 3.40. The lowest BCUT2D eigenvalue weighted by Gasteiger charge is -2.06. The summed E-state index contributed by atoms with van der Waals surface area (Å²) in [6.45, 7) is -0.0167. The highest BCUT2D eigenvalue weighted by molar-refractivity contribution is 6.31. The van der Waals surface area contributed by atoms with Crippen molar-refractivity contribution in [2.75, 3.05) is 6.61 Å². The Morgan fingerprint density at radius 1 is 1.20 bits per heavy atom. The molecule has 0 heterocycles. The molecule has 0 radical (unpaired) electrons. The predicted molar refractivity (Wildman–Crippen MR) is 76.8 cm³/mol. The fourth-order valence-electron chi connectivity index (χ4n) is 1.71. The Hall–Kier alpha value is -2.31. The van der Waals surface area contributed by atoms with E-state index in [0.29, 0.717) is 22.8 Å². The number of Topliss-reactive ketones (excluding diaryl/α,β-unsaturated/α-hetero) is 1. The molecule has 0 unspecified atom stereocenters. The summed E-state index contributed by atoms with van der Waals surface area (Å²) < 4.78 is 5.38. The van der Waals surface area contributed by atoms with E-state index in [4.69, 9.17) is 21.6 Å². The summed E-state index contributed by atoms with van der Waals surface area (Å²) in [7, 11) is 0. The summed E-state index contributed by atoms with van der Waals surface area (Å²) in [5, 5.41) is 9.08. The number of ether oxygens (including phenoxy) is 1. The number of carbonyl (C=O) groups excluding carboxylic acids is 1. The molecule has 100 valence electrons. The van der Waals surface area contributed by atoms with Crippen LogP contribution in [0.1, 0.15) is 11.1 Å². The molecular weight excluding hydrogens is 274 g/mol. The minimum atomic E-state index is -0.0170. The van der Waals surface area contributed by atoms with Crippen LogP contribution < -0.4 is 4.74 Å². The fourth-order valence-corrected chi connectivity index (χ4v) is 1.93. The van der Waals surface area contributed by atoms with Crippen LogP contribution in [-0.4, -0.2) is 12.4 Å². The Morgan fingerprint density at radius 2 is 1.95 bits per heavy atom. The van der Waals surface area contributed by atoms with E-state index in [-0.39, 0.29) is 12.4 Å². The van der Waals surface area contributed by atoms with Crippen molar-refractivity contribution in [3.63, 3.8) is 0 Å². The monoisotopic (exact) mass is 285 g/mol. The Kier molecular flexibility index (Phi) is 4.75. The Balaban J connectivity index is 1.91. The first-order valence-corrected chi connectivity index (χ1v) is 6.45. The zero-order valence-electron chi connectivity index (χ0n) is 10.7. The van der Waals surface area contributed by atoms with Crippen molar-refractivity contribution in [1.82, 2.24) is 0 Å². The van der Waals surface area contributed by atoms with E-state index in [1.165, 1.54) is 6.07 Å². The maximum atomic E-state index is 11.8. The van der Waals surface area contributed by atoms with Gasteiger partial charge in [-0.15, -0.1) is 0 Å². The van der Waals surface area contributed by atoms with Crippen molar-refractivity contribution in [2.45, 2.75) is 6.42 Å². The maximum absolute atomic E-state index is 11.8. The van der Waals surface area contributed by atoms with Gasteiger partial charge in [0.25, 0.3) is 0 Å². The smallest absolute Gasteiger partial charge is 0.174 e. The SMILES string of the molecule is N#Cc1ccc(OCC(=O)Cc2ccccc2)cc1Cl. The first-order chi connectivity index (χ1) is 9.69. The number of hydrogen-bond acceptors (Lipinski definition) is 3. The highest BCUT2D eigenvalue weighted by Gasteiger charge is 2.06. The molecule has 2 rings (SSSR count). The average Bonchev–Trinajstić information content (AvgIpc) is 2.46. The van der Waals surface area contributed by atoms with Crippen molar-refractivity contribution in [2.24, 2.45) is 0 Å². The van der Waals surface area contributed by atoms with Crippen LogP contribution in [0.5, 0.6) is 5.75 Å². The first-order valence-electron chi connectivity index (χ1n) is 6.07. The Labute approximate surface area is 122 Å². The topological polar surface area (TPSA) is 50.1 Å². The molecule has 0 aliphatic heterocycles. The lowest BCUT2D eigenvalue weighted by molar-refractivity contribution is -0.120. The van der Waals surface area contributed by atoms with Gasteiger partial charge in [0.15, 0.2) is 5.78 Å². The number of rotatable bonds is 5. The molecule has 0 aromatic heterocycles. The highest BCUT2D eigenvalue weighted by Crippen LogP contribution is 2.21. The van der Waals surface area contributed by atoms with E-state index < -0.39 is 0 Å². The first kappa shape index (κ1) is 14.1. The molecule has 0 aliphatic rings. The third-order valence-corrected chi connectivity index (χ3v) is 3.02. The van der Waals surface area contributed by atoms with Gasteiger partial charge in [-0.25, -0.2) is 0 Å². The van der Waals surface area contributed by atoms with E-state index in [1.54, 1.807) is 12.1 Å². The molecule has 0 aliphatic carbocycles. The molecule has 20 heavy (non-hydrogen) atoms. The van der Waals surface area contributed by atoms with Gasteiger partial charge in [-0.2, -0.15) is 5.26 Å². The summed E-state index contributed by atoms with van der Waals surface area (Å²) in [5.74, 6) is 0.465. The average molecular weight is 286 g/mol. The summed E-state index contributed by atoms with van der Waals surface area (Å²) in [4.78, 5) is 11.8. The number of halogens is 1. The zero-order chi connectivity index (χ0) is 14.4. The van der Waals surface area contributed by atoms with E-state index in [1.807, 2.05) is 36.4 Å². The Bertz CT molecular complexity index is 647. The van der Waals surface area contributed by atoms with Gasteiger partial charge < -0.3 is 4.74 Å². The quantitative estimate of drug-likeness (QED) is 0.846. The van der Waals surface area contributed by atoms with Gasteiger partial charge in [0.2, 0.25) is 0 Å². The van der Waals surface area contributed by atoms with Crippen LogP contribution in [0, 0.1) is 11.3 Å². The second kappa shape index (κ2) is 6.74. The molecule has 0 amide bonds. The lowest BCUT2D eigenvalue weighted by atomic mass is 10.1. The van der Waals surface area contributed by atoms with Crippen LogP contribution in [0.3, 0.4) is 0 Å². The van der Waals surface area contributed by atoms with Gasteiger partial charge in [0.05, 0.1) is 10.6 Å². The van der Waals surface area contributed by atoms with Gasteiger partial charge in [0.1, 0.15) is 18.4 Å². The third-order valence-electron chi connectivity index (χ3n) is 2.70. The number of nitriles is 1. The fraction of sp³-hybridized carbons (Fsp3) is 0.125. The molecular formula is C16H12ClNO2. The normalized spacial score (nSPS) is 9.80. The summed E-state index contributed by atoms with van der Waals surface area (Å²) >= 11 is 5.89.